The van der Waals surface area contributed by atoms with Crippen molar-refractivity contribution in [1.82, 2.24) is 30.6 Å². The zero-order valence-corrected chi connectivity index (χ0v) is 31.9. The van der Waals surface area contributed by atoms with Gasteiger partial charge >= 0.3 is 0 Å². The van der Waals surface area contributed by atoms with Crippen molar-refractivity contribution in [2.45, 2.75) is 39.8 Å². The zero-order valence-electron chi connectivity index (χ0n) is 27.1. The van der Waals surface area contributed by atoms with Crippen LogP contribution < -0.4 is 15.4 Å². The van der Waals surface area contributed by atoms with Crippen molar-refractivity contribution in [3.05, 3.63) is 94.0 Å². The molecular formula is C34H35BrCl4F2N8O. The second kappa shape index (κ2) is 17.3. The molecule has 0 atom stereocenters. The van der Waals surface area contributed by atoms with E-state index in [9.17, 15) is 0 Å². The molecule has 4 aromatic carbocycles. The standard InChI is InChI=1S/C34H31BrF2N8O.4ClH/c1-16(2)40-31(38)18-5-9-26-28(11-18)44-33(42-26)22-8-7-20(13-23(22)35)46-21-14-24(36)30(25(37)15-21)34-43-27-10-6-19(12-29(27)45-34)32(39)41-17(3)4;;;;/h5-17H,1-4H3,(H2,38,40)(H2,39,41)(H,42,44)(H,43,45);4*1H. The van der Waals surface area contributed by atoms with E-state index >= 15 is 8.78 Å². The molecule has 0 saturated carbocycles. The minimum absolute atomic E-state index is 0. The van der Waals surface area contributed by atoms with Crippen molar-refractivity contribution in [1.29, 1.82) is 10.8 Å². The summed E-state index contributed by atoms with van der Waals surface area (Å²) in [5, 5.41) is 22.6. The van der Waals surface area contributed by atoms with Crippen LogP contribution in [0.4, 0.5) is 8.78 Å². The minimum atomic E-state index is -0.836. The van der Waals surface area contributed by atoms with Gasteiger partial charge in [-0.3, -0.25) is 10.8 Å². The van der Waals surface area contributed by atoms with Crippen molar-refractivity contribution in [2.75, 3.05) is 0 Å². The maximum Gasteiger partial charge on any atom is 0.144 e. The summed E-state index contributed by atoms with van der Waals surface area (Å²) in [5.74, 6) is -0.0943. The molecule has 2 aromatic heterocycles. The van der Waals surface area contributed by atoms with Gasteiger partial charge in [-0.15, -0.1) is 49.6 Å². The minimum Gasteiger partial charge on any atom is -0.457 e. The van der Waals surface area contributed by atoms with Gasteiger partial charge in [0.25, 0.3) is 0 Å². The van der Waals surface area contributed by atoms with Crippen molar-refractivity contribution in [3.63, 3.8) is 0 Å². The lowest BCUT2D eigenvalue weighted by Gasteiger charge is -2.11. The molecule has 0 unspecified atom stereocenters. The van der Waals surface area contributed by atoms with Gasteiger partial charge in [0.1, 0.15) is 46.5 Å². The molecule has 0 radical (unpaired) electrons. The van der Waals surface area contributed by atoms with Crippen LogP contribution in [-0.4, -0.2) is 43.7 Å². The number of benzene rings is 4. The largest absolute Gasteiger partial charge is 0.457 e. The third kappa shape index (κ3) is 9.04. The summed E-state index contributed by atoms with van der Waals surface area (Å²) >= 11 is 3.57. The Kier molecular flexibility index (Phi) is 14.6. The number of hydrogen-bond donors (Lipinski definition) is 6. The average Bonchev–Trinajstić information content (AvgIpc) is 3.59. The Hall–Kier alpha value is -3.94. The van der Waals surface area contributed by atoms with Gasteiger partial charge in [-0.2, -0.15) is 0 Å². The fourth-order valence-electron chi connectivity index (χ4n) is 5.04. The van der Waals surface area contributed by atoms with Crippen LogP contribution in [0.25, 0.3) is 44.8 Å². The molecular weight excluding hydrogens is 796 g/mol. The molecule has 6 aromatic rings. The smallest absolute Gasteiger partial charge is 0.144 e. The summed E-state index contributed by atoms with van der Waals surface area (Å²) in [6.45, 7) is 7.83. The van der Waals surface area contributed by atoms with Crippen LogP contribution in [0.15, 0.2) is 71.2 Å². The third-order valence-corrected chi connectivity index (χ3v) is 7.75. The number of amidine groups is 2. The van der Waals surface area contributed by atoms with Gasteiger partial charge < -0.3 is 25.3 Å². The van der Waals surface area contributed by atoms with E-state index in [4.69, 9.17) is 15.6 Å². The van der Waals surface area contributed by atoms with Gasteiger partial charge in [-0.1, -0.05) is 0 Å². The lowest BCUT2D eigenvalue weighted by atomic mass is 10.1. The molecule has 0 saturated heterocycles. The Morgan fingerprint density at radius 1 is 0.680 bits per heavy atom. The Morgan fingerprint density at radius 3 is 1.64 bits per heavy atom. The summed E-state index contributed by atoms with van der Waals surface area (Å²) in [7, 11) is 0. The van der Waals surface area contributed by atoms with E-state index < -0.39 is 11.6 Å². The molecule has 50 heavy (non-hydrogen) atoms. The number of hydrogen-bond acceptors (Lipinski definition) is 5. The number of aromatic nitrogens is 4. The van der Waals surface area contributed by atoms with Gasteiger partial charge in [0.2, 0.25) is 0 Å². The SMILES string of the molecule is CC(C)NC(=N)c1ccc2nc(-c3ccc(Oc4cc(F)c(-c5nc6ccc(C(=N)NC(C)C)cc6[nH]5)c(F)c4)cc3Br)[nH]c2c1.Cl.Cl.Cl.Cl. The van der Waals surface area contributed by atoms with Crippen molar-refractivity contribution >= 4 is 99.3 Å². The molecule has 2 heterocycles. The van der Waals surface area contributed by atoms with Crippen LogP contribution in [0, 0.1) is 22.5 Å². The second-order valence-electron chi connectivity index (χ2n) is 11.5. The van der Waals surface area contributed by atoms with E-state index in [-0.39, 0.29) is 84.7 Å². The van der Waals surface area contributed by atoms with Crippen LogP contribution in [0.3, 0.4) is 0 Å². The van der Waals surface area contributed by atoms with E-state index in [0.717, 1.165) is 34.3 Å². The summed E-state index contributed by atoms with van der Waals surface area (Å²) in [4.78, 5) is 15.3. The molecule has 0 amide bonds. The molecule has 0 spiro atoms. The predicted octanol–water partition coefficient (Wildman–Crippen LogP) is 9.94. The maximum absolute atomic E-state index is 15.3. The number of rotatable bonds is 8. The fraction of sp³-hybridized carbons (Fsp3) is 0.176. The van der Waals surface area contributed by atoms with E-state index in [1.165, 1.54) is 0 Å². The molecule has 0 aliphatic carbocycles. The number of imidazole rings is 2. The lowest BCUT2D eigenvalue weighted by molar-refractivity contribution is 0.469. The van der Waals surface area contributed by atoms with Crippen molar-refractivity contribution < 1.29 is 13.5 Å². The van der Waals surface area contributed by atoms with Crippen LogP contribution in [0.1, 0.15) is 38.8 Å². The molecule has 6 rings (SSSR count). The van der Waals surface area contributed by atoms with Crippen LogP contribution in [0.2, 0.25) is 0 Å². The maximum atomic E-state index is 15.3. The van der Waals surface area contributed by atoms with E-state index in [1.54, 1.807) is 36.4 Å². The topological polar surface area (TPSA) is 138 Å². The van der Waals surface area contributed by atoms with Gasteiger partial charge in [-0.25, -0.2) is 18.7 Å². The molecule has 16 heteroatoms. The van der Waals surface area contributed by atoms with Gasteiger partial charge in [-0.05, 0) is 98.2 Å². The van der Waals surface area contributed by atoms with Crippen molar-refractivity contribution in [2.24, 2.45) is 0 Å². The average molecular weight is 831 g/mol. The normalized spacial score (nSPS) is 10.6. The highest BCUT2D eigenvalue weighted by atomic mass is 79.9. The van der Waals surface area contributed by atoms with Gasteiger partial charge in [0.15, 0.2) is 0 Å². The summed E-state index contributed by atoms with van der Waals surface area (Å²) < 4.78 is 37.1. The number of H-pyrrole nitrogens is 2. The monoisotopic (exact) mass is 828 g/mol. The number of nitrogens with zero attached hydrogens (tertiary/aromatic N) is 2. The van der Waals surface area contributed by atoms with E-state index in [0.29, 0.717) is 38.5 Å². The highest BCUT2D eigenvalue weighted by molar-refractivity contribution is 9.10. The van der Waals surface area contributed by atoms with Gasteiger partial charge in [0, 0.05) is 45.4 Å². The number of nitrogens with one attached hydrogen (secondary N) is 6. The Labute approximate surface area is 320 Å². The van der Waals surface area contributed by atoms with Crippen LogP contribution in [-0.2, 0) is 0 Å². The molecule has 0 fully saturated rings. The number of fused-ring (bicyclic) bond motifs is 2. The first-order valence-corrected chi connectivity index (χ1v) is 15.4. The highest BCUT2D eigenvalue weighted by Gasteiger charge is 2.19. The lowest BCUT2D eigenvalue weighted by Crippen LogP contribution is -2.30. The molecule has 6 N–H and O–H groups in total. The third-order valence-electron chi connectivity index (χ3n) is 7.09. The van der Waals surface area contributed by atoms with Crippen LogP contribution >= 0.6 is 65.6 Å². The Morgan fingerprint density at radius 2 is 1.16 bits per heavy atom. The summed E-state index contributed by atoms with van der Waals surface area (Å²) in [5.41, 5.74) is 4.44. The number of halogens is 7. The molecule has 9 nitrogen and oxygen atoms in total. The summed E-state index contributed by atoms with van der Waals surface area (Å²) in [6.07, 6.45) is 0. The van der Waals surface area contributed by atoms with E-state index in [2.05, 4.69) is 46.5 Å². The first-order chi connectivity index (χ1) is 21.9. The Balaban J connectivity index is 0.00000217. The zero-order chi connectivity index (χ0) is 32.7. The molecule has 0 aliphatic heterocycles. The quantitative estimate of drug-likeness (QED) is 0.0670. The first-order valence-electron chi connectivity index (χ1n) is 14.6. The van der Waals surface area contributed by atoms with Crippen molar-refractivity contribution in [3.8, 4) is 34.3 Å². The Bertz CT molecular complexity index is 2130. The fourth-order valence-corrected chi connectivity index (χ4v) is 5.59. The highest BCUT2D eigenvalue weighted by Crippen LogP contribution is 2.35. The van der Waals surface area contributed by atoms with Crippen LogP contribution in [0.5, 0.6) is 11.5 Å². The second-order valence-corrected chi connectivity index (χ2v) is 12.3. The first kappa shape index (κ1) is 42.2. The molecule has 266 valence electrons. The van der Waals surface area contributed by atoms with Gasteiger partial charge in [0.05, 0.1) is 27.6 Å². The van der Waals surface area contributed by atoms with E-state index in [1.807, 2.05) is 45.9 Å². The predicted molar refractivity (Wildman–Crippen MR) is 210 cm³/mol. The number of aromatic amines is 2. The molecule has 0 bridgehead atoms. The number of ether oxygens (including phenoxy) is 1. The molecule has 0 aliphatic rings. The summed E-state index contributed by atoms with van der Waals surface area (Å²) in [6, 6.07) is 18.4.